The summed E-state index contributed by atoms with van der Waals surface area (Å²) >= 11 is 0. The smallest absolute Gasteiger partial charge is 0.194 e. The lowest BCUT2D eigenvalue weighted by Crippen LogP contribution is -2.10. The van der Waals surface area contributed by atoms with Crippen molar-refractivity contribution in [1.82, 2.24) is 0 Å². The van der Waals surface area contributed by atoms with E-state index in [0.29, 0.717) is 11.5 Å². The van der Waals surface area contributed by atoms with Gasteiger partial charge in [-0.2, -0.15) is 0 Å². The second-order valence-corrected chi connectivity index (χ2v) is 2.91. The van der Waals surface area contributed by atoms with Gasteiger partial charge in [-0.3, -0.25) is 0 Å². The molecule has 1 aromatic carbocycles. The van der Waals surface area contributed by atoms with Crippen molar-refractivity contribution in [1.29, 1.82) is 0 Å². The van der Waals surface area contributed by atoms with Crippen LogP contribution in [0.5, 0.6) is 11.5 Å². The van der Waals surface area contributed by atoms with Crippen molar-refractivity contribution in [2.24, 2.45) is 0 Å². The molecule has 0 amide bonds. The number of hydrogen-bond donors (Lipinski definition) is 2. The minimum Gasteiger partial charge on any atom is -0.465 e. The molecular weight excluding hydrogens is 184 g/mol. The molecule has 0 aromatic heterocycles. The van der Waals surface area contributed by atoms with Crippen LogP contribution in [0.4, 0.5) is 0 Å². The van der Waals surface area contributed by atoms with Crippen LogP contribution in [0.1, 0.15) is 13.8 Å². The third kappa shape index (κ3) is 3.64. The van der Waals surface area contributed by atoms with E-state index in [-0.39, 0.29) is 0 Å². The Bertz CT molecular complexity index is 237. The molecule has 2 N–H and O–H groups in total. The molecule has 0 bridgehead atoms. The van der Waals surface area contributed by atoms with Crippen molar-refractivity contribution in [3.8, 4) is 11.5 Å². The summed E-state index contributed by atoms with van der Waals surface area (Å²) in [6.45, 7) is 3.06. The molecule has 0 heterocycles. The summed E-state index contributed by atoms with van der Waals surface area (Å²) in [6.07, 6.45) is -1.67. The Morgan fingerprint density at radius 2 is 1.14 bits per heavy atom. The predicted molar refractivity (Wildman–Crippen MR) is 51.1 cm³/mol. The Labute approximate surface area is 82.7 Å². The molecule has 0 saturated carbocycles. The minimum atomic E-state index is -0.835. The van der Waals surface area contributed by atoms with E-state index in [1.165, 1.54) is 13.8 Å². The van der Waals surface area contributed by atoms with E-state index in [4.69, 9.17) is 19.7 Å². The van der Waals surface area contributed by atoms with E-state index in [9.17, 15) is 0 Å². The molecule has 14 heavy (non-hydrogen) atoms. The first-order chi connectivity index (χ1) is 6.58. The number of hydrogen-bond acceptors (Lipinski definition) is 4. The second kappa shape index (κ2) is 4.83. The Hall–Kier alpha value is -1.26. The van der Waals surface area contributed by atoms with Gasteiger partial charge in [0.1, 0.15) is 11.5 Å². The maximum atomic E-state index is 8.93. The number of aliphatic hydroxyl groups is 2. The summed E-state index contributed by atoms with van der Waals surface area (Å²) in [5.74, 6) is 1.11. The molecule has 0 aliphatic heterocycles. The van der Waals surface area contributed by atoms with Crippen LogP contribution in [0.3, 0.4) is 0 Å². The number of ether oxygens (including phenoxy) is 2. The monoisotopic (exact) mass is 198 g/mol. The average Bonchev–Trinajstić information content (AvgIpc) is 2.06. The molecule has 0 aliphatic rings. The molecule has 1 rings (SSSR count). The van der Waals surface area contributed by atoms with Crippen LogP contribution in [0.25, 0.3) is 0 Å². The van der Waals surface area contributed by atoms with Crippen molar-refractivity contribution >= 4 is 0 Å². The fourth-order valence-electron chi connectivity index (χ4n) is 0.991. The van der Waals surface area contributed by atoms with Gasteiger partial charge in [0.25, 0.3) is 0 Å². The first-order valence-corrected chi connectivity index (χ1v) is 4.37. The maximum Gasteiger partial charge on any atom is 0.194 e. The fraction of sp³-hybridized carbons (Fsp3) is 0.400. The van der Waals surface area contributed by atoms with Gasteiger partial charge >= 0.3 is 0 Å². The summed E-state index contributed by atoms with van der Waals surface area (Å²) in [7, 11) is 0. The Morgan fingerprint density at radius 3 is 1.36 bits per heavy atom. The van der Waals surface area contributed by atoms with E-state index in [2.05, 4.69) is 0 Å². The van der Waals surface area contributed by atoms with Gasteiger partial charge in [-0.25, -0.2) is 0 Å². The molecular formula is C10H14O4. The number of aliphatic hydroxyl groups excluding tert-OH is 2. The zero-order valence-electron chi connectivity index (χ0n) is 8.18. The first-order valence-electron chi connectivity index (χ1n) is 4.37. The van der Waals surface area contributed by atoms with Crippen LogP contribution in [0, 0.1) is 0 Å². The molecule has 4 nitrogen and oxygen atoms in total. The lowest BCUT2D eigenvalue weighted by atomic mass is 10.3. The van der Waals surface area contributed by atoms with Gasteiger partial charge in [-0.1, -0.05) is 0 Å². The van der Waals surface area contributed by atoms with Crippen molar-refractivity contribution in [3.05, 3.63) is 24.3 Å². The van der Waals surface area contributed by atoms with Gasteiger partial charge in [0.05, 0.1) is 0 Å². The summed E-state index contributed by atoms with van der Waals surface area (Å²) in [5, 5.41) is 17.9. The fourth-order valence-corrected chi connectivity index (χ4v) is 0.991. The summed E-state index contributed by atoms with van der Waals surface area (Å²) in [5.41, 5.74) is 0. The van der Waals surface area contributed by atoms with Crippen molar-refractivity contribution < 1.29 is 19.7 Å². The molecule has 0 spiro atoms. The van der Waals surface area contributed by atoms with Crippen molar-refractivity contribution in [2.45, 2.75) is 26.4 Å². The van der Waals surface area contributed by atoms with E-state index >= 15 is 0 Å². The van der Waals surface area contributed by atoms with Crippen LogP contribution < -0.4 is 9.47 Å². The van der Waals surface area contributed by atoms with E-state index < -0.39 is 12.6 Å². The number of benzene rings is 1. The predicted octanol–water partition coefficient (Wildman–Crippen LogP) is 1.12. The molecule has 0 radical (unpaired) electrons. The van der Waals surface area contributed by atoms with Gasteiger partial charge < -0.3 is 19.7 Å². The normalized spacial score (nSPS) is 14.6. The largest absolute Gasteiger partial charge is 0.465 e. The Morgan fingerprint density at radius 1 is 0.857 bits per heavy atom. The summed E-state index contributed by atoms with van der Waals surface area (Å²) in [6, 6.07) is 6.63. The Balaban J connectivity index is 2.59. The topological polar surface area (TPSA) is 58.9 Å². The van der Waals surface area contributed by atoms with Crippen molar-refractivity contribution in [2.75, 3.05) is 0 Å². The molecule has 1 aromatic rings. The van der Waals surface area contributed by atoms with Gasteiger partial charge in [-0.05, 0) is 38.1 Å². The molecule has 0 aliphatic carbocycles. The van der Waals surface area contributed by atoms with Gasteiger partial charge in [0, 0.05) is 0 Å². The highest BCUT2D eigenvalue weighted by atomic mass is 16.6. The zero-order valence-corrected chi connectivity index (χ0v) is 8.18. The number of rotatable bonds is 4. The SMILES string of the molecule is C[C@H](O)Oc1ccc(O[C@H](C)O)cc1. The third-order valence-corrected chi connectivity index (χ3v) is 1.44. The minimum absolute atomic E-state index is 0.554. The van der Waals surface area contributed by atoms with Crippen LogP contribution in [0.2, 0.25) is 0 Å². The summed E-state index contributed by atoms with van der Waals surface area (Å²) < 4.78 is 10.0. The summed E-state index contributed by atoms with van der Waals surface area (Å²) in [4.78, 5) is 0. The van der Waals surface area contributed by atoms with E-state index in [1.807, 2.05) is 0 Å². The molecule has 78 valence electrons. The highest BCUT2D eigenvalue weighted by Crippen LogP contribution is 2.18. The van der Waals surface area contributed by atoms with Crippen molar-refractivity contribution in [3.63, 3.8) is 0 Å². The molecule has 0 unspecified atom stereocenters. The Kier molecular flexibility index (Phi) is 3.73. The van der Waals surface area contributed by atoms with Gasteiger partial charge in [0.2, 0.25) is 0 Å². The highest BCUT2D eigenvalue weighted by Gasteiger charge is 2.01. The van der Waals surface area contributed by atoms with E-state index in [0.717, 1.165) is 0 Å². The zero-order chi connectivity index (χ0) is 10.6. The van der Waals surface area contributed by atoms with E-state index in [1.54, 1.807) is 24.3 Å². The lowest BCUT2D eigenvalue weighted by Gasteiger charge is -2.11. The molecule has 0 saturated heterocycles. The van der Waals surface area contributed by atoms with Gasteiger partial charge in [0.15, 0.2) is 12.6 Å². The molecule has 4 heteroatoms. The molecule has 0 fully saturated rings. The quantitative estimate of drug-likeness (QED) is 0.712. The third-order valence-electron chi connectivity index (χ3n) is 1.44. The van der Waals surface area contributed by atoms with Crippen LogP contribution in [-0.2, 0) is 0 Å². The first kappa shape index (κ1) is 10.8. The second-order valence-electron chi connectivity index (χ2n) is 2.91. The molecule has 2 atom stereocenters. The maximum absolute atomic E-state index is 8.93. The highest BCUT2D eigenvalue weighted by molar-refractivity contribution is 5.31. The lowest BCUT2D eigenvalue weighted by molar-refractivity contribution is -0.00360. The van der Waals surface area contributed by atoms with Crippen LogP contribution in [-0.4, -0.2) is 22.8 Å². The van der Waals surface area contributed by atoms with Crippen LogP contribution in [0.15, 0.2) is 24.3 Å². The standard InChI is InChI=1S/C10H14O4/c1-7(11)13-9-3-5-10(6-4-9)14-8(2)12/h3-8,11-12H,1-2H3/t7-,8-/m1/s1. The van der Waals surface area contributed by atoms with Crippen LogP contribution >= 0.6 is 0 Å². The average molecular weight is 198 g/mol. The van der Waals surface area contributed by atoms with Gasteiger partial charge in [-0.15, -0.1) is 0 Å².